The Labute approximate surface area is 159 Å². The number of carbonyl (C=O) groups excluding carboxylic acids is 2. The van der Waals surface area contributed by atoms with Gasteiger partial charge in [0, 0.05) is 18.7 Å². The van der Waals surface area contributed by atoms with Crippen molar-refractivity contribution in [3.8, 4) is 0 Å². The standard InChI is InChI=1S/C21H26N4O2/c1-14(20(26)24-13-15-7-10-19(22)23-12-15)25-21(27)18-9-8-17(11-18)16-5-3-2-4-6-16/h2-7,10,12,14,17-18H,8-9,11,13H2,1H3,(H2,22,23)(H,24,26)(H,25,27)/t14-,17+,18+/m0/s1. The first-order valence-electron chi connectivity index (χ1n) is 9.36. The average molecular weight is 366 g/mol. The summed E-state index contributed by atoms with van der Waals surface area (Å²) in [7, 11) is 0. The number of hydrogen-bond donors (Lipinski definition) is 3. The van der Waals surface area contributed by atoms with Gasteiger partial charge in [-0.25, -0.2) is 4.98 Å². The van der Waals surface area contributed by atoms with Crippen molar-refractivity contribution in [1.82, 2.24) is 15.6 Å². The molecule has 1 aliphatic carbocycles. The molecule has 1 saturated carbocycles. The lowest BCUT2D eigenvalue weighted by molar-refractivity contribution is -0.130. The minimum Gasteiger partial charge on any atom is -0.384 e. The molecule has 6 heteroatoms. The normalized spacial score (nSPS) is 20.0. The van der Waals surface area contributed by atoms with Gasteiger partial charge < -0.3 is 16.4 Å². The number of aromatic nitrogens is 1. The lowest BCUT2D eigenvalue weighted by atomic mass is 9.96. The zero-order valence-corrected chi connectivity index (χ0v) is 15.5. The summed E-state index contributed by atoms with van der Waals surface area (Å²) in [5, 5.41) is 5.67. The number of benzene rings is 1. The van der Waals surface area contributed by atoms with Crippen LogP contribution in [0.3, 0.4) is 0 Å². The highest BCUT2D eigenvalue weighted by molar-refractivity contribution is 5.88. The van der Waals surface area contributed by atoms with Crippen LogP contribution in [0.1, 0.15) is 43.2 Å². The molecule has 1 aromatic carbocycles. The first-order chi connectivity index (χ1) is 13.0. The highest BCUT2D eigenvalue weighted by Gasteiger charge is 2.31. The van der Waals surface area contributed by atoms with E-state index in [0.717, 1.165) is 24.8 Å². The van der Waals surface area contributed by atoms with E-state index < -0.39 is 6.04 Å². The molecule has 0 bridgehead atoms. The van der Waals surface area contributed by atoms with Crippen molar-refractivity contribution < 1.29 is 9.59 Å². The second-order valence-electron chi connectivity index (χ2n) is 7.16. The van der Waals surface area contributed by atoms with Gasteiger partial charge in [0.1, 0.15) is 11.9 Å². The molecule has 142 valence electrons. The van der Waals surface area contributed by atoms with Gasteiger partial charge in [0.25, 0.3) is 0 Å². The second kappa shape index (κ2) is 8.66. The van der Waals surface area contributed by atoms with Crippen LogP contribution < -0.4 is 16.4 Å². The molecule has 1 heterocycles. The van der Waals surface area contributed by atoms with Crippen molar-refractivity contribution in [3.05, 3.63) is 59.8 Å². The lowest BCUT2D eigenvalue weighted by Crippen LogP contribution is -2.46. The van der Waals surface area contributed by atoms with Crippen LogP contribution in [0.4, 0.5) is 5.82 Å². The molecule has 6 nitrogen and oxygen atoms in total. The van der Waals surface area contributed by atoms with E-state index in [1.165, 1.54) is 5.56 Å². The Bertz CT molecular complexity index is 777. The van der Waals surface area contributed by atoms with Crippen LogP contribution in [0.15, 0.2) is 48.7 Å². The van der Waals surface area contributed by atoms with Crippen molar-refractivity contribution in [3.63, 3.8) is 0 Å². The van der Waals surface area contributed by atoms with E-state index in [1.54, 1.807) is 19.2 Å². The van der Waals surface area contributed by atoms with Gasteiger partial charge >= 0.3 is 0 Å². The molecule has 0 aliphatic heterocycles. The summed E-state index contributed by atoms with van der Waals surface area (Å²) >= 11 is 0. The Balaban J connectivity index is 1.45. The Morgan fingerprint density at radius 3 is 2.67 bits per heavy atom. The van der Waals surface area contributed by atoms with E-state index in [4.69, 9.17) is 5.73 Å². The predicted molar refractivity (Wildman–Crippen MR) is 105 cm³/mol. The first kappa shape index (κ1) is 18.9. The third kappa shape index (κ3) is 5.06. The molecule has 0 spiro atoms. The van der Waals surface area contributed by atoms with Crippen LogP contribution in [0.2, 0.25) is 0 Å². The molecule has 0 unspecified atom stereocenters. The minimum absolute atomic E-state index is 0.0354. The van der Waals surface area contributed by atoms with Gasteiger partial charge in [0.2, 0.25) is 11.8 Å². The fourth-order valence-corrected chi connectivity index (χ4v) is 3.53. The van der Waals surface area contributed by atoms with Crippen molar-refractivity contribution >= 4 is 17.6 Å². The Hall–Kier alpha value is -2.89. The Morgan fingerprint density at radius 1 is 1.19 bits per heavy atom. The summed E-state index contributed by atoms with van der Waals surface area (Å²) in [6.45, 7) is 2.06. The van der Waals surface area contributed by atoms with Gasteiger partial charge in [0.05, 0.1) is 0 Å². The molecule has 2 amide bonds. The van der Waals surface area contributed by atoms with E-state index in [2.05, 4.69) is 27.8 Å². The third-order valence-corrected chi connectivity index (χ3v) is 5.14. The van der Waals surface area contributed by atoms with Gasteiger partial charge in [0.15, 0.2) is 0 Å². The van der Waals surface area contributed by atoms with Crippen molar-refractivity contribution in [2.75, 3.05) is 5.73 Å². The number of nitrogens with two attached hydrogens (primary N) is 1. The van der Waals surface area contributed by atoms with Gasteiger partial charge in [-0.05, 0) is 49.3 Å². The molecule has 3 rings (SSSR count). The fraction of sp³-hybridized carbons (Fsp3) is 0.381. The number of nitrogens with zero attached hydrogens (tertiary/aromatic N) is 1. The van der Waals surface area contributed by atoms with Gasteiger partial charge in [-0.15, -0.1) is 0 Å². The smallest absolute Gasteiger partial charge is 0.242 e. The summed E-state index contributed by atoms with van der Waals surface area (Å²) in [5.41, 5.74) is 7.69. The molecule has 4 N–H and O–H groups in total. The molecule has 3 atom stereocenters. The van der Waals surface area contributed by atoms with Crippen LogP contribution in [0.25, 0.3) is 0 Å². The zero-order valence-electron chi connectivity index (χ0n) is 15.5. The topological polar surface area (TPSA) is 97.1 Å². The van der Waals surface area contributed by atoms with Crippen molar-refractivity contribution in [1.29, 1.82) is 0 Å². The summed E-state index contributed by atoms with van der Waals surface area (Å²) in [6.07, 6.45) is 4.33. The predicted octanol–water partition coefficient (Wildman–Crippen LogP) is 2.37. The molecule has 1 aliphatic rings. The SMILES string of the molecule is C[C@H](NC(=O)[C@@H]1CC[C@@H](c2ccccc2)C1)C(=O)NCc1ccc(N)nc1. The lowest BCUT2D eigenvalue weighted by Gasteiger charge is -2.17. The number of hydrogen-bond acceptors (Lipinski definition) is 4. The third-order valence-electron chi connectivity index (χ3n) is 5.14. The van der Waals surface area contributed by atoms with E-state index in [9.17, 15) is 9.59 Å². The summed E-state index contributed by atoms with van der Waals surface area (Å²) in [5.74, 6) is 0.579. The van der Waals surface area contributed by atoms with Crippen LogP contribution in [0.5, 0.6) is 0 Å². The maximum Gasteiger partial charge on any atom is 0.242 e. The van der Waals surface area contributed by atoms with Gasteiger partial charge in [-0.2, -0.15) is 0 Å². The number of anilines is 1. The number of carbonyl (C=O) groups is 2. The molecule has 0 saturated heterocycles. The molecular formula is C21H26N4O2. The number of pyridine rings is 1. The Kier molecular flexibility index (Phi) is 6.06. The first-order valence-corrected chi connectivity index (χ1v) is 9.36. The van der Waals surface area contributed by atoms with E-state index in [0.29, 0.717) is 18.3 Å². The van der Waals surface area contributed by atoms with E-state index in [-0.39, 0.29) is 17.7 Å². The number of nitrogen functional groups attached to an aromatic ring is 1. The quantitative estimate of drug-likeness (QED) is 0.731. The number of nitrogens with one attached hydrogen (secondary N) is 2. The van der Waals surface area contributed by atoms with E-state index in [1.807, 2.05) is 24.3 Å². The molecule has 0 radical (unpaired) electrons. The summed E-state index contributed by atoms with van der Waals surface area (Å²) in [4.78, 5) is 28.8. The van der Waals surface area contributed by atoms with Gasteiger partial charge in [-0.3, -0.25) is 9.59 Å². The molecule has 27 heavy (non-hydrogen) atoms. The van der Waals surface area contributed by atoms with Crippen LogP contribution >= 0.6 is 0 Å². The van der Waals surface area contributed by atoms with Crippen molar-refractivity contribution in [2.45, 2.75) is 44.7 Å². The summed E-state index contributed by atoms with van der Waals surface area (Å²) < 4.78 is 0. The average Bonchev–Trinajstić information content (AvgIpc) is 3.18. The number of rotatable bonds is 6. The van der Waals surface area contributed by atoms with Crippen LogP contribution in [-0.2, 0) is 16.1 Å². The van der Waals surface area contributed by atoms with Crippen molar-refractivity contribution in [2.24, 2.45) is 5.92 Å². The Morgan fingerprint density at radius 2 is 1.96 bits per heavy atom. The van der Waals surface area contributed by atoms with E-state index >= 15 is 0 Å². The zero-order chi connectivity index (χ0) is 19.2. The van der Waals surface area contributed by atoms with Crippen LogP contribution in [0, 0.1) is 5.92 Å². The molecule has 2 aromatic rings. The number of amides is 2. The van der Waals surface area contributed by atoms with Gasteiger partial charge in [-0.1, -0.05) is 36.4 Å². The monoisotopic (exact) mass is 366 g/mol. The highest BCUT2D eigenvalue weighted by atomic mass is 16.2. The second-order valence-corrected chi connectivity index (χ2v) is 7.16. The molecule has 1 fully saturated rings. The summed E-state index contributed by atoms with van der Waals surface area (Å²) in [6, 6.07) is 13.2. The fourth-order valence-electron chi connectivity index (χ4n) is 3.53. The largest absolute Gasteiger partial charge is 0.384 e. The maximum absolute atomic E-state index is 12.5. The van der Waals surface area contributed by atoms with Crippen LogP contribution in [-0.4, -0.2) is 22.8 Å². The molecule has 1 aromatic heterocycles. The maximum atomic E-state index is 12.5. The molecular weight excluding hydrogens is 340 g/mol. The minimum atomic E-state index is -0.574. The highest BCUT2D eigenvalue weighted by Crippen LogP contribution is 2.38.